The SMILES string of the molecule is CCOc1ccc(CCNC(=O)Nc2ccc(C)cc2)cc1OC. The average Bonchev–Trinajstić information content (AvgIpc) is 2.58. The summed E-state index contributed by atoms with van der Waals surface area (Å²) in [4.78, 5) is 11.9. The molecule has 0 heterocycles. The molecule has 0 aliphatic rings. The lowest BCUT2D eigenvalue weighted by Gasteiger charge is -2.11. The second-order valence-electron chi connectivity index (χ2n) is 5.42. The Morgan fingerprint density at radius 1 is 1.08 bits per heavy atom. The van der Waals surface area contributed by atoms with E-state index in [9.17, 15) is 4.79 Å². The molecule has 0 spiro atoms. The van der Waals surface area contributed by atoms with Crippen molar-refractivity contribution >= 4 is 11.7 Å². The first-order valence-electron chi connectivity index (χ1n) is 8.03. The van der Waals surface area contributed by atoms with Gasteiger partial charge in [-0.3, -0.25) is 0 Å². The largest absolute Gasteiger partial charge is 0.493 e. The number of carbonyl (C=O) groups excluding carboxylic acids is 1. The molecule has 2 rings (SSSR count). The van der Waals surface area contributed by atoms with E-state index < -0.39 is 0 Å². The number of benzene rings is 2. The Hall–Kier alpha value is -2.69. The summed E-state index contributed by atoms with van der Waals surface area (Å²) >= 11 is 0. The lowest BCUT2D eigenvalue weighted by atomic mass is 10.1. The number of amides is 2. The van der Waals surface area contributed by atoms with Crippen molar-refractivity contribution in [1.82, 2.24) is 5.32 Å². The highest BCUT2D eigenvalue weighted by Crippen LogP contribution is 2.28. The van der Waals surface area contributed by atoms with Gasteiger partial charge < -0.3 is 20.1 Å². The molecular weight excluding hydrogens is 304 g/mol. The Morgan fingerprint density at radius 2 is 1.83 bits per heavy atom. The van der Waals surface area contributed by atoms with Crippen molar-refractivity contribution in [3.63, 3.8) is 0 Å². The highest BCUT2D eigenvalue weighted by molar-refractivity contribution is 5.89. The van der Waals surface area contributed by atoms with Crippen LogP contribution < -0.4 is 20.1 Å². The molecule has 0 aliphatic carbocycles. The zero-order chi connectivity index (χ0) is 17.4. The maximum absolute atomic E-state index is 11.9. The van der Waals surface area contributed by atoms with Crippen LogP contribution in [-0.2, 0) is 6.42 Å². The third kappa shape index (κ3) is 5.19. The van der Waals surface area contributed by atoms with E-state index in [1.807, 2.05) is 56.3 Å². The third-order valence-electron chi connectivity index (χ3n) is 3.54. The molecule has 0 saturated heterocycles. The summed E-state index contributed by atoms with van der Waals surface area (Å²) in [5.41, 5.74) is 3.01. The Balaban J connectivity index is 1.82. The second-order valence-corrected chi connectivity index (χ2v) is 5.42. The van der Waals surface area contributed by atoms with Gasteiger partial charge in [0.25, 0.3) is 0 Å². The first-order chi connectivity index (χ1) is 11.6. The van der Waals surface area contributed by atoms with Gasteiger partial charge in [-0.2, -0.15) is 0 Å². The lowest BCUT2D eigenvalue weighted by molar-refractivity contribution is 0.252. The molecule has 2 aromatic carbocycles. The minimum absolute atomic E-state index is 0.211. The van der Waals surface area contributed by atoms with Gasteiger partial charge in [0.2, 0.25) is 0 Å². The number of carbonyl (C=O) groups is 1. The van der Waals surface area contributed by atoms with E-state index in [1.54, 1.807) is 7.11 Å². The third-order valence-corrected chi connectivity index (χ3v) is 3.54. The number of nitrogens with one attached hydrogen (secondary N) is 2. The summed E-state index contributed by atoms with van der Waals surface area (Å²) in [6.07, 6.45) is 0.712. The normalized spacial score (nSPS) is 10.1. The number of anilines is 1. The number of hydrogen-bond acceptors (Lipinski definition) is 3. The van der Waals surface area contributed by atoms with E-state index in [-0.39, 0.29) is 6.03 Å². The van der Waals surface area contributed by atoms with Gasteiger partial charge in [-0.05, 0) is 50.1 Å². The second kappa shape index (κ2) is 8.82. The molecule has 5 nitrogen and oxygen atoms in total. The fourth-order valence-electron chi connectivity index (χ4n) is 2.27. The van der Waals surface area contributed by atoms with Crippen molar-refractivity contribution in [2.24, 2.45) is 0 Å². The van der Waals surface area contributed by atoms with E-state index in [0.717, 1.165) is 22.6 Å². The van der Waals surface area contributed by atoms with Crippen LogP contribution in [0, 0.1) is 6.92 Å². The molecule has 0 atom stereocenters. The number of hydrogen-bond donors (Lipinski definition) is 2. The van der Waals surface area contributed by atoms with Crippen LogP contribution in [0.3, 0.4) is 0 Å². The van der Waals surface area contributed by atoms with Crippen LogP contribution in [0.4, 0.5) is 10.5 Å². The van der Waals surface area contributed by atoms with Crippen molar-refractivity contribution in [2.75, 3.05) is 25.6 Å². The fraction of sp³-hybridized carbons (Fsp3) is 0.316. The molecule has 128 valence electrons. The van der Waals surface area contributed by atoms with Gasteiger partial charge in [-0.15, -0.1) is 0 Å². The minimum Gasteiger partial charge on any atom is -0.493 e. The first-order valence-corrected chi connectivity index (χ1v) is 8.03. The van der Waals surface area contributed by atoms with Crippen LogP contribution in [-0.4, -0.2) is 26.3 Å². The molecule has 0 aliphatic heterocycles. The predicted octanol–water partition coefficient (Wildman–Crippen LogP) is 3.77. The van der Waals surface area contributed by atoms with Crippen LogP contribution >= 0.6 is 0 Å². The highest BCUT2D eigenvalue weighted by atomic mass is 16.5. The van der Waals surface area contributed by atoms with Gasteiger partial charge in [0.15, 0.2) is 11.5 Å². The molecule has 0 unspecified atom stereocenters. The Morgan fingerprint density at radius 3 is 2.50 bits per heavy atom. The Kier molecular flexibility index (Phi) is 6.49. The summed E-state index contributed by atoms with van der Waals surface area (Å²) in [6, 6.07) is 13.3. The molecule has 2 amide bonds. The van der Waals surface area contributed by atoms with E-state index in [4.69, 9.17) is 9.47 Å². The van der Waals surface area contributed by atoms with E-state index >= 15 is 0 Å². The van der Waals surface area contributed by atoms with Crippen molar-refractivity contribution < 1.29 is 14.3 Å². The molecule has 0 bridgehead atoms. The first kappa shape index (κ1) is 17.7. The topological polar surface area (TPSA) is 59.6 Å². The zero-order valence-corrected chi connectivity index (χ0v) is 14.4. The molecule has 0 aromatic heterocycles. The van der Waals surface area contributed by atoms with Gasteiger partial charge in [-0.1, -0.05) is 23.8 Å². The molecule has 0 radical (unpaired) electrons. The van der Waals surface area contributed by atoms with Crippen LogP contribution in [0.1, 0.15) is 18.1 Å². The molecule has 5 heteroatoms. The van der Waals surface area contributed by atoms with Crippen LogP contribution in [0.5, 0.6) is 11.5 Å². The van der Waals surface area contributed by atoms with Crippen molar-refractivity contribution in [1.29, 1.82) is 0 Å². The van der Waals surface area contributed by atoms with Crippen molar-refractivity contribution in [2.45, 2.75) is 20.3 Å². The predicted molar refractivity (Wildman–Crippen MR) is 96.1 cm³/mol. The molecule has 0 fully saturated rings. The molecule has 24 heavy (non-hydrogen) atoms. The smallest absolute Gasteiger partial charge is 0.319 e. The molecule has 2 N–H and O–H groups in total. The van der Waals surface area contributed by atoms with Crippen molar-refractivity contribution in [3.05, 3.63) is 53.6 Å². The van der Waals surface area contributed by atoms with Gasteiger partial charge in [0.1, 0.15) is 0 Å². The summed E-state index contributed by atoms with van der Waals surface area (Å²) < 4.78 is 10.8. The summed E-state index contributed by atoms with van der Waals surface area (Å²) in [5.74, 6) is 1.44. The van der Waals surface area contributed by atoms with E-state index in [1.165, 1.54) is 0 Å². The Labute approximate surface area is 143 Å². The van der Waals surface area contributed by atoms with Crippen molar-refractivity contribution in [3.8, 4) is 11.5 Å². The average molecular weight is 328 g/mol. The molecule has 2 aromatic rings. The summed E-state index contributed by atoms with van der Waals surface area (Å²) in [6.45, 7) is 5.07. The number of ether oxygens (including phenoxy) is 2. The lowest BCUT2D eigenvalue weighted by Crippen LogP contribution is -2.30. The fourth-order valence-corrected chi connectivity index (χ4v) is 2.27. The minimum atomic E-state index is -0.211. The maximum Gasteiger partial charge on any atom is 0.319 e. The number of aryl methyl sites for hydroxylation is 1. The van der Waals surface area contributed by atoms with Gasteiger partial charge in [0, 0.05) is 12.2 Å². The van der Waals surface area contributed by atoms with E-state index in [2.05, 4.69) is 10.6 Å². The monoisotopic (exact) mass is 328 g/mol. The van der Waals surface area contributed by atoms with Crippen LogP contribution in [0.15, 0.2) is 42.5 Å². The van der Waals surface area contributed by atoms with Gasteiger partial charge in [-0.25, -0.2) is 4.79 Å². The molecular formula is C19H24N2O3. The zero-order valence-electron chi connectivity index (χ0n) is 14.4. The number of rotatable bonds is 7. The summed E-state index contributed by atoms with van der Waals surface area (Å²) in [7, 11) is 1.62. The van der Waals surface area contributed by atoms with E-state index in [0.29, 0.717) is 25.3 Å². The Bertz CT molecular complexity index is 669. The maximum atomic E-state index is 11.9. The van der Waals surface area contributed by atoms with Crippen LogP contribution in [0.25, 0.3) is 0 Å². The standard InChI is InChI=1S/C19H24N2O3/c1-4-24-17-10-7-15(13-18(17)23-3)11-12-20-19(22)21-16-8-5-14(2)6-9-16/h5-10,13H,4,11-12H2,1-3H3,(H2,20,21,22). The van der Waals surface area contributed by atoms with Crippen LogP contribution in [0.2, 0.25) is 0 Å². The van der Waals surface area contributed by atoms with Gasteiger partial charge in [0.05, 0.1) is 13.7 Å². The summed E-state index contributed by atoms with van der Waals surface area (Å²) in [5, 5.41) is 5.66. The number of urea groups is 1. The quantitative estimate of drug-likeness (QED) is 0.813. The number of methoxy groups -OCH3 is 1. The highest BCUT2D eigenvalue weighted by Gasteiger charge is 2.06. The van der Waals surface area contributed by atoms with Gasteiger partial charge >= 0.3 is 6.03 Å². The molecule has 0 saturated carbocycles.